The van der Waals surface area contributed by atoms with Crippen LogP contribution in [0.25, 0.3) is 11.0 Å². The first kappa shape index (κ1) is 10.9. The number of anilines is 1. The van der Waals surface area contributed by atoms with Crippen LogP contribution in [0.3, 0.4) is 0 Å². The van der Waals surface area contributed by atoms with Crippen LogP contribution in [0.1, 0.15) is 0 Å². The zero-order valence-electron chi connectivity index (χ0n) is 9.38. The first-order chi connectivity index (χ1) is 8.65. The van der Waals surface area contributed by atoms with Gasteiger partial charge in [0.25, 0.3) is 0 Å². The Morgan fingerprint density at radius 3 is 2.94 bits per heavy atom. The van der Waals surface area contributed by atoms with Crippen molar-refractivity contribution in [2.75, 3.05) is 18.0 Å². The van der Waals surface area contributed by atoms with E-state index >= 15 is 0 Å². The van der Waals surface area contributed by atoms with Crippen molar-refractivity contribution in [2.45, 2.75) is 0 Å². The minimum atomic E-state index is -0.788. The Bertz CT molecular complexity index is 626. The SMILES string of the molecule is O=C(O)C1CN(c2ccnc3cc(F)cnc23)C1. The summed E-state index contributed by atoms with van der Waals surface area (Å²) in [7, 11) is 0. The fourth-order valence-corrected chi connectivity index (χ4v) is 2.08. The summed E-state index contributed by atoms with van der Waals surface area (Å²) < 4.78 is 13.0. The monoisotopic (exact) mass is 247 g/mol. The van der Waals surface area contributed by atoms with Crippen LogP contribution in [0.5, 0.6) is 0 Å². The minimum absolute atomic E-state index is 0.339. The molecule has 1 aliphatic heterocycles. The number of carbonyl (C=O) groups is 1. The van der Waals surface area contributed by atoms with Gasteiger partial charge in [0.2, 0.25) is 0 Å². The fourth-order valence-electron chi connectivity index (χ4n) is 2.08. The molecule has 18 heavy (non-hydrogen) atoms. The second kappa shape index (κ2) is 3.90. The third kappa shape index (κ3) is 1.66. The molecule has 3 heterocycles. The maximum Gasteiger partial charge on any atom is 0.310 e. The lowest BCUT2D eigenvalue weighted by Crippen LogP contribution is -2.50. The summed E-state index contributed by atoms with van der Waals surface area (Å²) in [5.74, 6) is -1.56. The molecule has 1 aliphatic rings. The lowest BCUT2D eigenvalue weighted by molar-refractivity contribution is -0.142. The Morgan fingerprint density at radius 1 is 1.44 bits per heavy atom. The summed E-state index contributed by atoms with van der Waals surface area (Å²) in [6.45, 7) is 0.904. The molecular weight excluding hydrogens is 237 g/mol. The van der Waals surface area contributed by atoms with Crippen molar-refractivity contribution in [3.63, 3.8) is 0 Å². The van der Waals surface area contributed by atoms with Gasteiger partial charge in [-0.25, -0.2) is 9.37 Å². The molecule has 0 amide bonds. The Morgan fingerprint density at radius 2 is 2.22 bits per heavy atom. The number of aromatic nitrogens is 2. The summed E-state index contributed by atoms with van der Waals surface area (Å²) in [5, 5.41) is 8.84. The highest BCUT2D eigenvalue weighted by Gasteiger charge is 2.33. The number of aliphatic carboxylic acids is 1. The lowest BCUT2D eigenvalue weighted by Gasteiger charge is -2.38. The third-order valence-electron chi connectivity index (χ3n) is 3.09. The Balaban J connectivity index is 1.96. The van der Waals surface area contributed by atoms with Crippen LogP contribution in [0.4, 0.5) is 10.1 Å². The largest absolute Gasteiger partial charge is 0.481 e. The van der Waals surface area contributed by atoms with Crippen LogP contribution in [0.2, 0.25) is 0 Å². The van der Waals surface area contributed by atoms with Crippen molar-refractivity contribution >= 4 is 22.7 Å². The summed E-state index contributed by atoms with van der Waals surface area (Å²) in [4.78, 5) is 20.8. The molecule has 6 heteroatoms. The number of halogens is 1. The van der Waals surface area contributed by atoms with Crippen molar-refractivity contribution < 1.29 is 14.3 Å². The van der Waals surface area contributed by atoms with Crippen LogP contribution in [0, 0.1) is 11.7 Å². The molecule has 2 aromatic heterocycles. The third-order valence-corrected chi connectivity index (χ3v) is 3.09. The van der Waals surface area contributed by atoms with Gasteiger partial charge in [-0.3, -0.25) is 9.78 Å². The molecule has 5 nitrogen and oxygen atoms in total. The topological polar surface area (TPSA) is 66.3 Å². The summed E-state index contributed by atoms with van der Waals surface area (Å²) in [5.41, 5.74) is 1.88. The first-order valence-corrected chi connectivity index (χ1v) is 5.53. The van der Waals surface area contributed by atoms with E-state index in [1.807, 2.05) is 4.90 Å². The van der Waals surface area contributed by atoms with Gasteiger partial charge in [0, 0.05) is 25.4 Å². The van der Waals surface area contributed by atoms with E-state index in [9.17, 15) is 9.18 Å². The van der Waals surface area contributed by atoms with Crippen LogP contribution in [-0.2, 0) is 4.79 Å². The molecule has 0 spiro atoms. The number of carboxylic acids is 1. The van der Waals surface area contributed by atoms with Crippen molar-refractivity contribution in [1.29, 1.82) is 0 Å². The van der Waals surface area contributed by atoms with E-state index < -0.39 is 11.8 Å². The number of carboxylic acid groups (broad SMARTS) is 1. The average molecular weight is 247 g/mol. The maximum atomic E-state index is 13.0. The lowest BCUT2D eigenvalue weighted by atomic mass is 9.99. The Kier molecular flexibility index (Phi) is 2.36. The predicted octanol–water partition coefficient (Wildman–Crippen LogP) is 1.29. The number of hydrogen-bond acceptors (Lipinski definition) is 4. The van der Waals surface area contributed by atoms with E-state index in [2.05, 4.69) is 9.97 Å². The summed E-state index contributed by atoms with van der Waals surface area (Å²) >= 11 is 0. The highest BCUT2D eigenvalue weighted by atomic mass is 19.1. The molecule has 1 fully saturated rings. The van der Waals surface area contributed by atoms with Gasteiger partial charge in [0.05, 0.1) is 23.3 Å². The highest BCUT2D eigenvalue weighted by molar-refractivity contribution is 5.89. The van der Waals surface area contributed by atoms with Crippen molar-refractivity contribution in [1.82, 2.24) is 9.97 Å². The minimum Gasteiger partial charge on any atom is -0.481 e. The molecule has 0 radical (unpaired) electrons. The van der Waals surface area contributed by atoms with E-state index in [4.69, 9.17) is 5.11 Å². The molecule has 92 valence electrons. The van der Waals surface area contributed by atoms with Crippen LogP contribution < -0.4 is 4.90 Å². The van der Waals surface area contributed by atoms with Crippen LogP contribution in [-0.4, -0.2) is 34.1 Å². The molecule has 0 bridgehead atoms. The second-order valence-corrected chi connectivity index (χ2v) is 4.29. The van der Waals surface area contributed by atoms with Gasteiger partial charge in [-0.2, -0.15) is 0 Å². The highest BCUT2D eigenvalue weighted by Crippen LogP contribution is 2.29. The molecule has 1 saturated heterocycles. The van der Waals surface area contributed by atoms with Gasteiger partial charge in [-0.05, 0) is 6.07 Å². The molecule has 1 N–H and O–H groups in total. The van der Waals surface area contributed by atoms with E-state index in [1.165, 1.54) is 6.07 Å². The normalized spacial score (nSPS) is 15.7. The number of fused-ring (bicyclic) bond motifs is 1. The number of pyridine rings is 2. The standard InChI is InChI=1S/C12H10FN3O2/c13-8-3-9-11(15-4-8)10(1-2-14-9)16-5-7(6-16)12(17)18/h1-4,7H,5-6H2,(H,17,18). The molecule has 0 unspecified atom stereocenters. The number of hydrogen-bond donors (Lipinski definition) is 1. The van der Waals surface area contributed by atoms with Gasteiger partial charge in [0.15, 0.2) is 0 Å². The zero-order chi connectivity index (χ0) is 12.7. The van der Waals surface area contributed by atoms with E-state index in [1.54, 1.807) is 12.3 Å². The number of rotatable bonds is 2. The Labute approximate surface area is 102 Å². The van der Waals surface area contributed by atoms with Crippen LogP contribution >= 0.6 is 0 Å². The molecule has 0 atom stereocenters. The Hall–Kier alpha value is -2.24. The zero-order valence-corrected chi connectivity index (χ0v) is 9.38. The van der Waals surface area contributed by atoms with E-state index in [-0.39, 0.29) is 5.92 Å². The molecule has 0 saturated carbocycles. The first-order valence-electron chi connectivity index (χ1n) is 5.53. The summed E-state index contributed by atoms with van der Waals surface area (Å²) in [6, 6.07) is 3.09. The van der Waals surface area contributed by atoms with Crippen molar-refractivity contribution in [3.8, 4) is 0 Å². The second-order valence-electron chi connectivity index (χ2n) is 4.29. The van der Waals surface area contributed by atoms with Gasteiger partial charge in [-0.15, -0.1) is 0 Å². The molecular formula is C12H10FN3O2. The quantitative estimate of drug-likeness (QED) is 0.866. The van der Waals surface area contributed by atoms with Gasteiger partial charge in [-0.1, -0.05) is 0 Å². The molecule has 0 aliphatic carbocycles. The van der Waals surface area contributed by atoms with Gasteiger partial charge >= 0.3 is 5.97 Å². The number of nitrogens with zero attached hydrogens (tertiary/aromatic N) is 3. The molecule has 3 rings (SSSR count). The molecule has 0 aromatic carbocycles. The fraction of sp³-hybridized carbons (Fsp3) is 0.250. The van der Waals surface area contributed by atoms with Crippen LogP contribution in [0.15, 0.2) is 24.5 Å². The summed E-state index contributed by atoms with van der Waals surface area (Å²) in [6.07, 6.45) is 2.72. The van der Waals surface area contributed by atoms with Crippen molar-refractivity contribution in [2.24, 2.45) is 5.92 Å². The molecule has 2 aromatic rings. The van der Waals surface area contributed by atoms with Gasteiger partial charge < -0.3 is 10.0 Å². The van der Waals surface area contributed by atoms with Gasteiger partial charge in [0.1, 0.15) is 11.3 Å². The predicted molar refractivity (Wildman–Crippen MR) is 62.8 cm³/mol. The van der Waals surface area contributed by atoms with Crippen molar-refractivity contribution in [3.05, 3.63) is 30.3 Å². The average Bonchev–Trinajstić information content (AvgIpc) is 2.26. The van der Waals surface area contributed by atoms with E-state index in [0.29, 0.717) is 24.1 Å². The van der Waals surface area contributed by atoms with E-state index in [0.717, 1.165) is 11.9 Å². The maximum absolute atomic E-state index is 13.0. The smallest absolute Gasteiger partial charge is 0.310 e.